The van der Waals surface area contributed by atoms with Crippen molar-refractivity contribution in [1.82, 2.24) is 10.6 Å². The molecule has 1 aliphatic heterocycles. The zero-order chi connectivity index (χ0) is 17.0. The van der Waals surface area contributed by atoms with Gasteiger partial charge in [-0.3, -0.25) is 14.9 Å². The van der Waals surface area contributed by atoms with Gasteiger partial charge in [0.15, 0.2) is 9.84 Å². The molecule has 0 saturated carbocycles. The lowest BCUT2D eigenvalue weighted by Gasteiger charge is -2.14. The van der Waals surface area contributed by atoms with Crippen molar-refractivity contribution in [2.24, 2.45) is 0 Å². The second-order valence-corrected chi connectivity index (χ2v) is 7.26. The van der Waals surface area contributed by atoms with Gasteiger partial charge in [-0.1, -0.05) is 11.6 Å². The third-order valence-corrected chi connectivity index (χ3v) is 4.52. The number of nitro benzene ring substituents is 1. The van der Waals surface area contributed by atoms with Crippen LogP contribution in [0.1, 0.15) is 16.8 Å². The number of amides is 1. The van der Waals surface area contributed by atoms with E-state index < -0.39 is 26.4 Å². The standard InChI is InChI=1S/C14H17N3O5S/c1-23(21,22)13-7-11(6-12(8-13)17(19)20)14(18)16-9-10-2-4-15-5-3-10/h2,6-8,15H,3-5,9H2,1H3,(H,16,18). The highest BCUT2D eigenvalue weighted by molar-refractivity contribution is 7.90. The van der Waals surface area contributed by atoms with Gasteiger partial charge in [-0.25, -0.2) is 8.42 Å². The molecule has 0 radical (unpaired) electrons. The SMILES string of the molecule is CS(=O)(=O)c1cc(C(=O)NCC2=CCNCC2)cc([N+](=O)[O-])c1. The highest BCUT2D eigenvalue weighted by atomic mass is 32.2. The van der Waals surface area contributed by atoms with Crippen molar-refractivity contribution in [3.05, 3.63) is 45.5 Å². The first-order valence-corrected chi connectivity index (χ1v) is 8.83. The number of benzene rings is 1. The van der Waals surface area contributed by atoms with Crippen LogP contribution in [0.3, 0.4) is 0 Å². The van der Waals surface area contributed by atoms with E-state index in [-0.39, 0.29) is 10.5 Å². The van der Waals surface area contributed by atoms with Gasteiger partial charge in [0.05, 0.1) is 9.82 Å². The Morgan fingerprint density at radius 1 is 1.39 bits per heavy atom. The smallest absolute Gasteiger partial charge is 0.271 e. The van der Waals surface area contributed by atoms with E-state index in [0.717, 1.165) is 49.5 Å². The Balaban J connectivity index is 2.23. The minimum Gasteiger partial charge on any atom is -0.348 e. The van der Waals surface area contributed by atoms with Crippen molar-refractivity contribution in [2.45, 2.75) is 11.3 Å². The summed E-state index contributed by atoms with van der Waals surface area (Å²) in [6.07, 6.45) is 3.72. The highest BCUT2D eigenvalue weighted by Crippen LogP contribution is 2.21. The van der Waals surface area contributed by atoms with Crippen LogP contribution in [0.2, 0.25) is 0 Å². The van der Waals surface area contributed by atoms with Crippen LogP contribution in [0.5, 0.6) is 0 Å². The molecule has 0 aliphatic carbocycles. The number of non-ortho nitro benzene ring substituents is 1. The van der Waals surface area contributed by atoms with Crippen molar-refractivity contribution in [3.8, 4) is 0 Å². The zero-order valence-corrected chi connectivity index (χ0v) is 13.4. The number of nitro groups is 1. The predicted molar refractivity (Wildman–Crippen MR) is 84.1 cm³/mol. The Labute approximate surface area is 133 Å². The number of carbonyl (C=O) groups is 1. The molecule has 1 amide bonds. The fourth-order valence-electron chi connectivity index (χ4n) is 2.16. The minimum absolute atomic E-state index is 0.0471. The summed E-state index contributed by atoms with van der Waals surface area (Å²) in [5.74, 6) is -0.543. The molecule has 0 spiro atoms. The maximum absolute atomic E-state index is 12.2. The van der Waals surface area contributed by atoms with Gasteiger partial charge in [0.2, 0.25) is 0 Å². The average Bonchev–Trinajstić information content (AvgIpc) is 2.52. The lowest BCUT2D eigenvalue weighted by Crippen LogP contribution is -2.29. The Bertz CT molecular complexity index is 771. The number of hydrogen-bond acceptors (Lipinski definition) is 6. The number of carbonyl (C=O) groups excluding carboxylic acids is 1. The van der Waals surface area contributed by atoms with E-state index in [0.29, 0.717) is 6.54 Å². The Hall–Kier alpha value is -2.26. The number of rotatable bonds is 5. The maximum atomic E-state index is 12.2. The third kappa shape index (κ3) is 4.60. The first-order chi connectivity index (χ1) is 10.8. The molecule has 0 aromatic heterocycles. The van der Waals surface area contributed by atoms with Crippen LogP contribution in [0, 0.1) is 10.1 Å². The van der Waals surface area contributed by atoms with E-state index in [1.165, 1.54) is 0 Å². The second-order valence-electron chi connectivity index (χ2n) is 5.24. The van der Waals surface area contributed by atoms with Gasteiger partial charge in [-0.15, -0.1) is 0 Å². The van der Waals surface area contributed by atoms with E-state index in [1.54, 1.807) is 0 Å². The predicted octanol–water partition coefficient (Wildman–Crippen LogP) is 0.648. The molecule has 9 heteroatoms. The fraction of sp³-hybridized carbons (Fsp3) is 0.357. The summed E-state index contributed by atoms with van der Waals surface area (Å²) in [7, 11) is -3.65. The van der Waals surface area contributed by atoms with Crippen LogP contribution in [0.15, 0.2) is 34.7 Å². The van der Waals surface area contributed by atoms with E-state index in [4.69, 9.17) is 0 Å². The van der Waals surface area contributed by atoms with Crippen LogP contribution in [0.4, 0.5) is 5.69 Å². The largest absolute Gasteiger partial charge is 0.348 e. The molecule has 0 saturated heterocycles. The normalized spacial score (nSPS) is 14.9. The molecule has 1 aromatic carbocycles. The number of nitrogens with zero attached hydrogens (tertiary/aromatic N) is 1. The summed E-state index contributed by atoms with van der Waals surface area (Å²) in [5, 5.41) is 16.7. The molecular formula is C14H17N3O5S. The van der Waals surface area contributed by atoms with E-state index >= 15 is 0 Å². The summed E-state index contributed by atoms with van der Waals surface area (Å²) >= 11 is 0. The van der Waals surface area contributed by atoms with E-state index in [2.05, 4.69) is 10.6 Å². The van der Waals surface area contributed by atoms with Gasteiger partial charge < -0.3 is 10.6 Å². The topological polar surface area (TPSA) is 118 Å². The average molecular weight is 339 g/mol. The lowest BCUT2D eigenvalue weighted by molar-refractivity contribution is -0.385. The van der Waals surface area contributed by atoms with Gasteiger partial charge in [0, 0.05) is 37.0 Å². The van der Waals surface area contributed by atoms with E-state index in [9.17, 15) is 23.3 Å². The summed E-state index contributed by atoms with van der Waals surface area (Å²) in [5.41, 5.74) is 0.583. The molecule has 1 heterocycles. The molecule has 2 rings (SSSR count). The molecule has 124 valence electrons. The number of nitrogens with one attached hydrogen (secondary N) is 2. The first-order valence-electron chi connectivity index (χ1n) is 6.94. The molecule has 0 unspecified atom stereocenters. The van der Waals surface area contributed by atoms with Crippen molar-refractivity contribution >= 4 is 21.4 Å². The Morgan fingerprint density at radius 3 is 2.70 bits per heavy atom. The lowest BCUT2D eigenvalue weighted by atomic mass is 10.1. The molecule has 2 N–H and O–H groups in total. The van der Waals surface area contributed by atoms with Gasteiger partial charge in [-0.2, -0.15) is 0 Å². The molecule has 0 fully saturated rings. The van der Waals surface area contributed by atoms with Gasteiger partial charge in [0.25, 0.3) is 11.6 Å². The quantitative estimate of drug-likeness (QED) is 0.462. The summed E-state index contributed by atoms with van der Waals surface area (Å²) in [6.45, 7) is 1.90. The van der Waals surface area contributed by atoms with Crippen LogP contribution in [-0.4, -0.2) is 45.1 Å². The van der Waals surface area contributed by atoms with Gasteiger partial charge >= 0.3 is 0 Å². The van der Waals surface area contributed by atoms with Gasteiger partial charge in [-0.05, 0) is 19.0 Å². The van der Waals surface area contributed by atoms with Crippen molar-refractivity contribution in [3.63, 3.8) is 0 Å². The zero-order valence-electron chi connectivity index (χ0n) is 12.5. The monoisotopic (exact) mass is 339 g/mol. The maximum Gasteiger partial charge on any atom is 0.271 e. The Kier molecular flexibility index (Phi) is 5.12. The molecule has 0 bridgehead atoms. The molecule has 1 aliphatic rings. The third-order valence-electron chi connectivity index (χ3n) is 3.43. The van der Waals surface area contributed by atoms with Crippen molar-refractivity contribution in [1.29, 1.82) is 0 Å². The second kappa shape index (κ2) is 6.88. The summed E-state index contributed by atoms with van der Waals surface area (Å²) in [6, 6.07) is 3.16. The van der Waals surface area contributed by atoms with Crippen LogP contribution in [0.25, 0.3) is 0 Å². The number of sulfone groups is 1. The van der Waals surface area contributed by atoms with Crippen LogP contribution in [-0.2, 0) is 9.84 Å². The molecule has 1 aromatic rings. The van der Waals surface area contributed by atoms with Crippen LogP contribution >= 0.6 is 0 Å². The summed E-state index contributed by atoms with van der Waals surface area (Å²) in [4.78, 5) is 22.1. The molecule has 8 nitrogen and oxygen atoms in total. The summed E-state index contributed by atoms with van der Waals surface area (Å²) < 4.78 is 23.2. The van der Waals surface area contributed by atoms with Gasteiger partial charge in [0.1, 0.15) is 0 Å². The minimum atomic E-state index is -3.65. The molecule has 0 atom stereocenters. The van der Waals surface area contributed by atoms with E-state index in [1.807, 2.05) is 6.08 Å². The first kappa shape index (κ1) is 17.1. The molecular weight excluding hydrogens is 322 g/mol. The number of hydrogen-bond donors (Lipinski definition) is 2. The fourth-order valence-corrected chi connectivity index (χ4v) is 2.84. The van der Waals surface area contributed by atoms with Crippen molar-refractivity contribution in [2.75, 3.05) is 25.9 Å². The molecule has 23 heavy (non-hydrogen) atoms. The Morgan fingerprint density at radius 2 is 2.13 bits per heavy atom. The van der Waals surface area contributed by atoms with Crippen molar-refractivity contribution < 1.29 is 18.1 Å². The van der Waals surface area contributed by atoms with Crippen LogP contribution < -0.4 is 10.6 Å². The highest BCUT2D eigenvalue weighted by Gasteiger charge is 2.19.